The molecule has 150 valence electrons. The smallest absolute Gasteiger partial charge is 0.336 e. The molecule has 1 heterocycles. The highest BCUT2D eigenvalue weighted by Crippen LogP contribution is 2.36. The van der Waals surface area contributed by atoms with Gasteiger partial charge < -0.3 is 4.90 Å². The third-order valence-electron chi connectivity index (χ3n) is 4.25. The van der Waals surface area contributed by atoms with Gasteiger partial charge in [-0.2, -0.15) is 17.5 Å². The van der Waals surface area contributed by atoms with Gasteiger partial charge in [-0.3, -0.25) is 4.79 Å². The van der Waals surface area contributed by atoms with Crippen molar-refractivity contribution < 1.29 is 26.4 Å². The van der Waals surface area contributed by atoms with Crippen molar-refractivity contribution in [2.45, 2.75) is 31.3 Å². The van der Waals surface area contributed by atoms with E-state index in [4.69, 9.17) is 11.6 Å². The van der Waals surface area contributed by atoms with Crippen LogP contribution in [0.1, 0.15) is 25.8 Å². The average molecular weight is 425 g/mol. The fourth-order valence-electron chi connectivity index (χ4n) is 2.81. The van der Waals surface area contributed by atoms with Crippen LogP contribution in [0.25, 0.3) is 0 Å². The maximum atomic E-state index is 13.0. The number of nitrogens with zero attached hydrogens (tertiary/aromatic N) is 2. The Bertz CT molecular complexity index is 845. The van der Waals surface area contributed by atoms with E-state index in [1.54, 1.807) is 13.0 Å². The molecule has 0 unspecified atom stereocenters. The summed E-state index contributed by atoms with van der Waals surface area (Å²) in [5.41, 5.74) is -0.610. The zero-order chi connectivity index (χ0) is 20.4. The third-order valence-corrected chi connectivity index (χ3v) is 6.48. The first-order valence-corrected chi connectivity index (χ1v) is 10.1. The van der Waals surface area contributed by atoms with E-state index in [0.717, 1.165) is 16.4 Å². The van der Waals surface area contributed by atoms with Crippen LogP contribution >= 0.6 is 11.6 Å². The van der Waals surface area contributed by atoms with Gasteiger partial charge in [0.15, 0.2) is 0 Å². The van der Waals surface area contributed by atoms with Gasteiger partial charge in [-0.05, 0) is 31.5 Å². The molecule has 27 heavy (non-hydrogen) atoms. The van der Waals surface area contributed by atoms with Gasteiger partial charge in [0.2, 0.25) is 15.9 Å². The fraction of sp³-hybridized carbons (Fsp3) is 0.471. The lowest BCUT2D eigenvalue weighted by Crippen LogP contribution is -2.50. The lowest BCUT2D eigenvalue weighted by molar-refractivity contribution is -0.137. The van der Waals surface area contributed by atoms with E-state index in [2.05, 4.69) is 0 Å². The van der Waals surface area contributed by atoms with E-state index in [-0.39, 0.29) is 32.1 Å². The number of rotatable bonds is 4. The van der Waals surface area contributed by atoms with Gasteiger partial charge in [0.25, 0.3) is 0 Å². The molecule has 0 atom stereocenters. The number of alkyl halides is 3. The Hall–Kier alpha value is -1.58. The third kappa shape index (κ3) is 4.83. The molecule has 1 aliphatic heterocycles. The van der Waals surface area contributed by atoms with Crippen molar-refractivity contribution in [1.82, 2.24) is 9.21 Å². The largest absolute Gasteiger partial charge is 0.417 e. The normalized spacial score (nSPS) is 17.3. The van der Waals surface area contributed by atoms with Crippen LogP contribution in [0.2, 0.25) is 5.02 Å². The predicted molar refractivity (Wildman–Crippen MR) is 95.8 cm³/mol. The monoisotopic (exact) mass is 424 g/mol. The maximum Gasteiger partial charge on any atom is 0.417 e. The topological polar surface area (TPSA) is 57.7 Å². The molecule has 1 aromatic rings. The second-order valence-electron chi connectivity index (χ2n) is 6.13. The molecule has 1 aliphatic rings. The Labute approximate surface area is 161 Å². The van der Waals surface area contributed by atoms with Gasteiger partial charge in [-0.15, -0.1) is 0 Å². The van der Waals surface area contributed by atoms with E-state index in [1.165, 1.54) is 4.90 Å². The van der Waals surface area contributed by atoms with Crippen LogP contribution in [-0.4, -0.2) is 49.7 Å². The zero-order valence-corrected chi connectivity index (χ0v) is 16.5. The van der Waals surface area contributed by atoms with Gasteiger partial charge in [0.1, 0.15) is 0 Å². The number of sulfonamides is 1. The Balaban J connectivity index is 2.18. The second-order valence-corrected chi connectivity index (χ2v) is 8.48. The molecular formula is C17H20ClF3N2O3S. The molecule has 1 aromatic carbocycles. The minimum Gasteiger partial charge on any atom is -0.336 e. The zero-order valence-electron chi connectivity index (χ0n) is 14.9. The summed E-state index contributed by atoms with van der Waals surface area (Å²) in [5, 5.41) is -0.560. The van der Waals surface area contributed by atoms with Gasteiger partial charge in [0.05, 0.1) is 15.5 Å². The quantitative estimate of drug-likeness (QED) is 0.694. The van der Waals surface area contributed by atoms with Crippen molar-refractivity contribution >= 4 is 27.5 Å². The van der Waals surface area contributed by atoms with Crippen LogP contribution in [0.3, 0.4) is 0 Å². The molecule has 0 radical (unpaired) electrons. The number of amides is 1. The molecule has 10 heteroatoms. The highest BCUT2D eigenvalue weighted by molar-refractivity contribution is 7.89. The molecule has 5 nitrogen and oxygen atoms in total. The van der Waals surface area contributed by atoms with Crippen LogP contribution in [0.4, 0.5) is 13.2 Å². The fourth-order valence-corrected chi connectivity index (χ4v) is 4.48. The number of benzene rings is 1. The Morgan fingerprint density at radius 3 is 2.33 bits per heavy atom. The summed E-state index contributed by atoms with van der Waals surface area (Å²) >= 11 is 5.55. The molecule has 0 aromatic heterocycles. The van der Waals surface area contributed by atoms with Crippen LogP contribution < -0.4 is 0 Å². The van der Waals surface area contributed by atoms with E-state index >= 15 is 0 Å². The summed E-state index contributed by atoms with van der Waals surface area (Å²) in [6.07, 6.45) is -2.25. The summed E-state index contributed by atoms with van der Waals surface area (Å²) in [4.78, 5) is 13.3. The van der Waals surface area contributed by atoms with Crippen molar-refractivity contribution in [3.05, 3.63) is 40.4 Å². The molecule has 0 N–H and O–H groups in total. The minimum absolute atomic E-state index is 0.0114. The first-order chi connectivity index (χ1) is 12.5. The van der Waals surface area contributed by atoms with Crippen molar-refractivity contribution in [2.75, 3.05) is 26.2 Å². The molecule has 1 amide bonds. The minimum atomic E-state index is -4.75. The lowest BCUT2D eigenvalue weighted by atomic mass is 10.2. The number of hydrogen-bond acceptors (Lipinski definition) is 3. The first kappa shape index (κ1) is 21.7. The average Bonchev–Trinajstić information content (AvgIpc) is 2.60. The molecule has 0 saturated carbocycles. The van der Waals surface area contributed by atoms with E-state index < -0.39 is 31.7 Å². The summed E-state index contributed by atoms with van der Waals surface area (Å²) in [6.45, 7) is 3.97. The van der Waals surface area contributed by atoms with Crippen molar-refractivity contribution in [3.63, 3.8) is 0 Å². The molecular weight excluding hydrogens is 405 g/mol. The summed E-state index contributed by atoms with van der Waals surface area (Å²) in [7, 11) is -4.12. The number of carbonyl (C=O) groups is 1. The van der Waals surface area contributed by atoms with Crippen LogP contribution in [0, 0.1) is 0 Å². The van der Waals surface area contributed by atoms with Gasteiger partial charge in [-0.1, -0.05) is 24.6 Å². The SMILES string of the molecule is CC/C=C(\C)C(=O)N1CCN(S(=O)(=O)c2ccc(Cl)c(C(F)(F)F)c2)CC1. The Morgan fingerprint density at radius 1 is 1.22 bits per heavy atom. The number of halogens is 4. The number of allylic oxidation sites excluding steroid dienone is 1. The van der Waals surface area contributed by atoms with Crippen molar-refractivity contribution in [1.29, 1.82) is 0 Å². The van der Waals surface area contributed by atoms with Gasteiger partial charge >= 0.3 is 6.18 Å². The molecule has 0 bridgehead atoms. The first-order valence-electron chi connectivity index (χ1n) is 8.31. The van der Waals surface area contributed by atoms with E-state index in [0.29, 0.717) is 18.1 Å². The predicted octanol–water partition coefficient (Wildman–Crippen LogP) is 3.55. The van der Waals surface area contributed by atoms with E-state index in [1.807, 2.05) is 6.92 Å². The van der Waals surface area contributed by atoms with Crippen molar-refractivity contribution in [3.8, 4) is 0 Å². The van der Waals surface area contributed by atoms with Crippen LogP contribution in [0.15, 0.2) is 34.7 Å². The Kier molecular flexibility index (Phi) is 6.59. The number of carbonyl (C=O) groups excluding carboxylic acids is 1. The maximum absolute atomic E-state index is 13.0. The van der Waals surface area contributed by atoms with Crippen LogP contribution in [-0.2, 0) is 21.0 Å². The molecule has 1 saturated heterocycles. The number of hydrogen-bond donors (Lipinski definition) is 0. The van der Waals surface area contributed by atoms with Crippen molar-refractivity contribution in [2.24, 2.45) is 0 Å². The summed E-state index contributed by atoms with van der Waals surface area (Å²) < 4.78 is 65.5. The van der Waals surface area contributed by atoms with Gasteiger partial charge in [-0.25, -0.2) is 8.42 Å². The second kappa shape index (κ2) is 8.20. The standard InChI is InChI=1S/C17H20ClF3N2O3S/c1-3-4-12(2)16(24)22-7-9-23(10-8-22)27(25,26)13-5-6-15(18)14(11-13)17(19,20)21/h4-6,11H,3,7-10H2,1-2H3/b12-4+. The van der Waals surface area contributed by atoms with Gasteiger partial charge in [0, 0.05) is 31.8 Å². The molecule has 1 fully saturated rings. The highest BCUT2D eigenvalue weighted by atomic mass is 35.5. The molecule has 0 spiro atoms. The lowest BCUT2D eigenvalue weighted by Gasteiger charge is -2.34. The molecule has 2 rings (SSSR count). The highest BCUT2D eigenvalue weighted by Gasteiger charge is 2.36. The number of piperazine rings is 1. The summed E-state index contributed by atoms with van der Waals surface area (Å²) in [5.74, 6) is -0.167. The Morgan fingerprint density at radius 2 is 1.81 bits per heavy atom. The van der Waals surface area contributed by atoms with E-state index in [9.17, 15) is 26.4 Å². The molecule has 0 aliphatic carbocycles. The van der Waals surface area contributed by atoms with Crippen LogP contribution in [0.5, 0.6) is 0 Å². The summed E-state index contributed by atoms with van der Waals surface area (Å²) in [6, 6.07) is 2.53.